The van der Waals surface area contributed by atoms with Crippen molar-refractivity contribution < 1.29 is 14.3 Å². The SMILES string of the molecule is CCO[C@H]1CC[C@](N)(C(=O)OC)CC1. The third kappa shape index (κ3) is 2.45. The zero-order valence-electron chi connectivity index (χ0n) is 8.91. The Labute approximate surface area is 84.7 Å². The summed E-state index contributed by atoms with van der Waals surface area (Å²) in [5.41, 5.74) is 5.17. The Morgan fingerprint density at radius 3 is 2.50 bits per heavy atom. The Bertz CT molecular complexity index is 198. The molecule has 2 N–H and O–H groups in total. The lowest BCUT2D eigenvalue weighted by Gasteiger charge is -2.34. The quantitative estimate of drug-likeness (QED) is 0.687. The summed E-state index contributed by atoms with van der Waals surface area (Å²) in [6.07, 6.45) is 3.27. The molecule has 0 radical (unpaired) electrons. The third-order valence-electron chi connectivity index (χ3n) is 2.82. The van der Waals surface area contributed by atoms with Crippen LogP contribution >= 0.6 is 0 Å². The van der Waals surface area contributed by atoms with E-state index in [0.29, 0.717) is 12.8 Å². The highest BCUT2D eigenvalue weighted by Gasteiger charge is 2.39. The summed E-state index contributed by atoms with van der Waals surface area (Å²) < 4.78 is 10.2. The third-order valence-corrected chi connectivity index (χ3v) is 2.82. The molecule has 0 aliphatic heterocycles. The number of esters is 1. The molecule has 0 heterocycles. The minimum absolute atomic E-state index is 0.265. The molecule has 0 aromatic heterocycles. The normalized spacial score (nSPS) is 32.6. The van der Waals surface area contributed by atoms with Crippen LogP contribution in [0.5, 0.6) is 0 Å². The van der Waals surface area contributed by atoms with E-state index in [9.17, 15) is 4.79 Å². The number of nitrogens with two attached hydrogens (primary N) is 1. The first-order chi connectivity index (χ1) is 6.62. The number of rotatable bonds is 3. The van der Waals surface area contributed by atoms with Crippen molar-refractivity contribution in [3.63, 3.8) is 0 Å². The first-order valence-electron chi connectivity index (χ1n) is 5.11. The zero-order valence-corrected chi connectivity index (χ0v) is 8.91. The van der Waals surface area contributed by atoms with Crippen molar-refractivity contribution in [2.45, 2.75) is 44.2 Å². The topological polar surface area (TPSA) is 61.5 Å². The summed E-state index contributed by atoms with van der Waals surface area (Å²) in [6, 6.07) is 0. The van der Waals surface area contributed by atoms with Crippen LogP contribution < -0.4 is 5.73 Å². The predicted molar refractivity (Wildman–Crippen MR) is 52.8 cm³/mol. The van der Waals surface area contributed by atoms with Gasteiger partial charge in [0.15, 0.2) is 0 Å². The fourth-order valence-electron chi connectivity index (χ4n) is 1.92. The molecule has 0 bridgehead atoms. The minimum Gasteiger partial charge on any atom is -0.468 e. The summed E-state index contributed by atoms with van der Waals surface area (Å²) >= 11 is 0. The number of hydrogen-bond donors (Lipinski definition) is 1. The highest BCUT2D eigenvalue weighted by Crippen LogP contribution is 2.28. The van der Waals surface area contributed by atoms with Crippen LogP contribution in [0.4, 0.5) is 0 Å². The van der Waals surface area contributed by atoms with Crippen molar-refractivity contribution in [2.24, 2.45) is 5.73 Å². The maximum absolute atomic E-state index is 11.4. The maximum Gasteiger partial charge on any atom is 0.325 e. The number of methoxy groups -OCH3 is 1. The van der Waals surface area contributed by atoms with Gasteiger partial charge in [0, 0.05) is 6.61 Å². The van der Waals surface area contributed by atoms with Gasteiger partial charge >= 0.3 is 5.97 Å². The van der Waals surface area contributed by atoms with Crippen LogP contribution in [0.15, 0.2) is 0 Å². The minimum atomic E-state index is -0.775. The molecule has 1 saturated carbocycles. The molecule has 14 heavy (non-hydrogen) atoms. The fourth-order valence-corrected chi connectivity index (χ4v) is 1.92. The van der Waals surface area contributed by atoms with Gasteiger partial charge in [0.2, 0.25) is 0 Å². The Balaban J connectivity index is 2.44. The molecule has 82 valence electrons. The summed E-state index contributed by atoms with van der Waals surface area (Å²) in [6.45, 7) is 2.70. The number of carbonyl (C=O) groups excluding carboxylic acids is 1. The standard InChI is InChI=1S/C10H19NO3/c1-3-14-8-4-6-10(11,7-5-8)9(12)13-2/h8H,3-7,11H2,1-2H3/t8-,10+. The second kappa shape index (κ2) is 4.75. The van der Waals surface area contributed by atoms with E-state index < -0.39 is 5.54 Å². The van der Waals surface area contributed by atoms with Gasteiger partial charge in [-0.1, -0.05) is 0 Å². The van der Waals surface area contributed by atoms with Crippen molar-refractivity contribution in [1.82, 2.24) is 0 Å². The summed E-state index contributed by atoms with van der Waals surface area (Å²) in [5.74, 6) is -0.299. The average molecular weight is 201 g/mol. The number of ether oxygens (including phenoxy) is 2. The molecular formula is C10H19NO3. The van der Waals surface area contributed by atoms with E-state index in [1.165, 1.54) is 7.11 Å². The molecule has 0 amide bonds. The Hall–Kier alpha value is -0.610. The lowest BCUT2D eigenvalue weighted by atomic mass is 9.81. The largest absolute Gasteiger partial charge is 0.468 e. The molecule has 1 aliphatic rings. The van der Waals surface area contributed by atoms with Gasteiger partial charge in [-0.05, 0) is 32.6 Å². The van der Waals surface area contributed by atoms with Gasteiger partial charge in [0.05, 0.1) is 13.2 Å². The van der Waals surface area contributed by atoms with Crippen molar-refractivity contribution in [1.29, 1.82) is 0 Å². The molecule has 0 aromatic carbocycles. The van der Waals surface area contributed by atoms with Crippen molar-refractivity contribution in [3.8, 4) is 0 Å². The molecule has 0 atom stereocenters. The lowest BCUT2D eigenvalue weighted by Crippen LogP contribution is -2.52. The van der Waals surface area contributed by atoms with Gasteiger partial charge in [-0.15, -0.1) is 0 Å². The Morgan fingerprint density at radius 2 is 2.07 bits per heavy atom. The van der Waals surface area contributed by atoms with Crippen molar-refractivity contribution in [3.05, 3.63) is 0 Å². The second-order valence-electron chi connectivity index (χ2n) is 3.80. The van der Waals surface area contributed by atoms with Crippen LogP contribution in [-0.2, 0) is 14.3 Å². The van der Waals surface area contributed by atoms with Gasteiger partial charge < -0.3 is 15.2 Å². The van der Waals surface area contributed by atoms with Crippen molar-refractivity contribution >= 4 is 5.97 Å². The molecule has 4 heteroatoms. The van der Waals surface area contributed by atoms with Gasteiger partial charge in [0.25, 0.3) is 0 Å². The van der Waals surface area contributed by atoms with Crippen molar-refractivity contribution in [2.75, 3.05) is 13.7 Å². The van der Waals surface area contributed by atoms with Gasteiger partial charge in [-0.25, -0.2) is 0 Å². The monoisotopic (exact) mass is 201 g/mol. The van der Waals surface area contributed by atoms with E-state index in [-0.39, 0.29) is 12.1 Å². The predicted octanol–water partition coefficient (Wildman–Crippen LogP) is 0.836. The Kier molecular flexibility index (Phi) is 3.89. The highest BCUT2D eigenvalue weighted by molar-refractivity contribution is 5.80. The molecule has 0 aromatic rings. The van der Waals surface area contributed by atoms with Gasteiger partial charge in [-0.3, -0.25) is 4.79 Å². The van der Waals surface area contributed by atoms with E-state index in [0.717, 1.165) is 19.4 Å². The molecule has 1 fully saturated rings. The molecule has 4 nitrogen and oxygen atoms in total. The number of hydrogen-bond acceptors (Lipinski definition) is 4. The first-order valence-corrected chi connectivity index (χ1v) is 5.11. The highest BCUT2D eigenvalue weighted by atomic mass is 16.5. The van der Waals surface area contributed by atoms with Crippen LogP contribution in [-0.4, -0.2) is 31.3 Å². The Morgan fingerprint density at radius 1 is 1.50 bits per heavy atom. The molecule has 0 unspecified atom stereocenters. The first kappa shape index (κ1) is 11.5. The fraction of sp³-hybridized carbons (Fsp3) is 0.900. The van der Waals surface area contributed by atoms with E-state index in [1.54, 1.807) is 0 Å². The van der Waals surface area contributed by atoms with E-state index >= 15 is 0 Å². The smallest absolute Gasteiger partial charge is 0.325 e. The molecule has 0 saturated heterocycles. The summed E-state index contributed by atoms with van der Waals surface area (Å²) in [7, 11) is 1.38. The van der Waals surface area contributed by atoms with Crippen LogP contribution in [0.2, 0.25) is 0 Å². The van der Waals surface area contributed by atoms with Crippen LogP contribution in [0.25, 0.3) is 0 Å². The van der Waals surface area contributed by atoms with E-state index in [4.69, 9.17) is 10.5 Å². The lowest BCUT2D eigenvalue weighted by molar-refractivity contribution is -0.149. The number of carbonyl (C=O) groups is 1. The van der Waals surface area contributed by atoms with Crippen LogP contribution in [0.3, 0.4) is 0 Å². The maximum atomic E-state index is 11.4. The molecular weight excluding hydrogens is 182 g/mol. The summed E-state index contributed by atoms with van der Waals surface area (Å²) in [4.78, 5) is 11.4. The van der Waals surface area contributed by atoms with Crippen LogP contribution in [0.1, 0.15) is 32.6 Å². The van der Waals surface area contributed by atoms with Crippen LogP contribution in [0, 0.1) is 0 Å². The van der Waals surface area contributed by atoms with Gasteiger partial charge in [-0.2, -0.15) is 0 Å². The molecule has 1 rings (SSSR count). The molecule has 0 spiro atoms. The molecule has 1 aliphatic carbocycles. The van der Waals surface area contributed by atoms with Gasteiger partial charge in [0.1, 0.15) is 5.54 Å². The zero-order chi connectivity index (χ0) is 10.6. The second-order valence-corrected chi connectivity index (χ2v) is 3.80. The average Bonchev–Trinajstić information content (AvgIpc) is 2.21. The van der Waals surface area contributed by atoms with E-state index in [2.05, 4.69) is 4.74 Å². The summed E-state index contributed by atoms with van der Waals surface area (Å²) in [5, 5.41) is 0. The van der Waals surface area contributed by atoms with E-state index in [1.807, 2.05) is 6.92 Å².